The highest BCUT2D eigenvalue weighted by Gasteiger charge is 2.34. The van der Waals surface area contributed by atoms with Gasteiger partial charge in [0.1, 0.15) is 5.69 Å². The molecule has 2 unspecified atom stereocenters. The minimum atomic E-state index is -1.70. The minimum absolute atomic E-state index is 0.170. The van der Waals surface area contributed by atoms with Crippen molar-refractivity contribution in [3.63, 3.8) is 0 Å². The average Bonchev–Trinajstić information content (AvgIpc) is 3.35. The summed E-state index contributed by atoms with van der Waals surface area (Å²) in [7, 11) is 2.23. The van der Waals surface area contributed by atoms with Crippen molar-refractivity contribution in [2.45, 2.75) is 45.2 Å². The highest BCUT2D eigenvalue weighted by Crippen LogP contribution is 2.44. The van der Waals surface area contributed by atoms with Gasteiger partial charge < -0.3 is 4.90 Å². The number of alkyl halides is 1. The van der Waals surface area contributed by atoms with E-state index in [9.17, 15) is 9.18 Å². The van der Waals surface area contributed by atoms with Crippen LogP contribution in [0.4, 0.5) is 8.78 Å². The van der Waals surface area contributed by atoms with E-state index in [1.165, 1.54) is 11.8 Å². The number of hydrogen-bond donors (Lipinski definition) is 0. The SMILES string of the molecule is C=C(F)C(=O)N1Cc2sc(C)cc2[C@H](c2ccccc2-c2cn(CC)nc2C(C)(F)P)C1. The van der Waals surface area contributed by atoms with Gasteiger partial charge in [-0.3, -0.25) is 9.48 Å². The Morgan fingerprint density at radius 1 is 1.34 bits per heavy atom. The average molecular weight is 474 g/mol. The van der Waals surface area contributed by atoms with E-state index in [2.05, 4.69) is 27.0 Å². The maximum atomic E-state index is 15.1. The number of aromatic nitrogens is 2. The molecule has 4 nitrogen and oxygen atoms in total. The van der Waals surface area contributed by atoms with Crippen LogP contribution < -0.4 is 0 Å². The first-order valence-electron chi connectivity index (χ1n) is 10.5. The Morgan fingerprint density at radius 3 is 2.72 bits per heavy atom. The number of rotatable bonds is 5. The Labute approximate surface area is 193 Å². The molecule has 8 heteroatoms. The van der Waals surface area contributed by atoms with Gasteiger partial charge in [0, 0.05) is 40.5 Å². The molecule has 1 amide bonds. The molecule has 0 radical (unpaired) electrons. The van der Waals surface area contributed by atoms with Crippen LogP contribution in [0, 0.1) is 6.92 Å². The summed E-state index contributed by atoms with van der Waals surface area (Å²) in [5, 5.41) is 2.77. The fraction of sp³-hybridized carbons (Fsp3) is 0.333. The summed E-state index contributed by atoms with van der Waals surface area (Å²) in [5.41, 5.74) is 4.02. The summed E-state index contributed by atoms with van der Waals surface area (Å²) in [6, 6.07) is 9.95. The Morgan fingerprint density at radius 2 is 2.06 bits per heavy atom. The maximum Gasteiger partial charge on any atom is 0.282 e. The second kappa shape index (κ2) is 8.53. The van der Waals surface area contributed by atoms with Gasteiger partial charge in [-0.15, -0.1) is 11.3 Å². The molecular weight excluding hydrogens is 447 g/mol. The van der Waals surface area contributed by atoms with E-state index in [1.807, 2.05) is 44.3 Å². The van der Waals surface area contributed by atoms with Gasteiger partial charge in [-0.25, -0.2) is 8.78 Å². The number of carbonyl (C=O) groups is 1. The normalized spacial score (nSPS) is 17.7. The summed E-state index contributed by atoms with van der Waals surface area (Å²) in [6.45, 7) is 9.96. The highest BCUT2D eigenvalue weighted by molar-refractivity contribution is 7.18. The molecule has 2 aromatic heterocycles. The number of aryl methyl sites for hydroxylation is 2. The first kappa shape index (κ1) is 22.8. The van der Waals surface area contributed by atoms with Crippen molar-refractivity contribution in [2.75, 3.05) is 6.54 Å². The monoisotopic (exact) mass is 473 g/mol. The van der Waals surface area contributed by atoms with E-state index in [1.54, 1.807) is 16.0 Å². The zero-order valence-corrected chi connectivity index (χ0v) is 20.3. The third-order valence-electron chi connectivity index (χ3n) is 5.77. The van der Waals surface area contributed by atoms with E-state index in [4.69, 9.17) is 0 Å². The van der Waals surface area contributed by atoms with Crippen molar-refractivity contribution >= 4 is 26.5 Å². The minimum Gasteiger partial charge on any atom is -0.331 e. The largest absolute Gasteiger partial charge is 0.331 e. The maximum absolute atomic E-state index is 15.1. The summed E-state index contributed by atoms with van der Waals surface area (Å²) in [6.07, 6.45) is 1.87. The molecule has 0 bridgehead atoms. The van der Waals surface area contributed by atoms with Crippen LogP contribution in [0.5, 0.6) is 0 Å². The molecule has 0 saturated carbocycles. The van der Waals surface area contributed by atoms with Gasteiger partial charge in [-0.2, -0.15) is 5.10 Å². The molecule has 4 rings (SSSR count). The zero-order chi connectivity index (χ0) is 23.2. The predicted octanol–water partition coefficient (Wildman–Crippen LogP) is 5.91. The summed E-state index contributed by atoms with van der Waals surface area (Å²) in [4.78, 5) is 16.1. The number of thiophene rings is 1. The van der Waals surface area contributed by atoms with Crippen molar-refractivity contribution in [1.29, 1.82) is 0 Å². The first-order valence-corrected chi connectivity index (χ1v) is 11.9. The summed E-state index contributed by atoms with van der Waals surface area (Å²) < 4.78 is 30.5. The van der Waals surface area contributed by atoms with Crippen LogP contribution in [-0.2, 0) is 23.3 Å². The van der Waals surface area contributed by atoms with Crippen molar-refractivity contribution in [2.24, 2.45) is 0 Å². The zero-order valence-electron chi connectivity index (χ0n) is 18.4. The third kappa shape index (κ3) is 4.16. The van der Waals surface area contributed by atoms with Gasteiger partial charge in [0.2, 0.25) is 0 Å². The molecule has 1 aliphatic rings. The van der Waals surface area contributed by atoms with Gasteiger partial charge in [-0.05, 0) is 43.5 Å². The van der Waals surface area contributed by atoms with Crippen LogP contribution in [0.2, 0.25) is 0 Å². The smallest absolute Gasteiger partial charge is 0.282 e. The first-order chi connectivity index (χ1) is 15.1. The lowest BCUT2D eigenvalue weighted by Gasteiger charge is -2.33. The quantitative estimate of drug-likeness (QED) is 0.341. The molecule has 0 aliphatic carbocycles. The van der Waals surface area contributed by atoms with E-state index < -0.39 is 17.1 Å². The van der Waals surface area contributed by atoms with E-state index in [-0.39, 0.29) is 5.92 Å². The van der Waals surface area contributed by atoms with Crippen LogP contribution in [0.3, 0.4) is 0 Å². The molecule has 1 aromatic carbocycles. The highest BCUT2D eigenvalue weighted by atomic mass is 32.1. The molecule has 0 spiro atoms. The van der Waals surface area contributed by atoms with E-state index >= 15 is 4.39 Å². The fourth-order valence-electron chi connectivity index (χ4n) is 4.34. The van der Waals surface area contributed by atoms with Crippen LogP contribution in [0.1, 0.15) is 46.3 Å². The van der Waals surface area contributed by atoms with Gasteiger partial charge in [0.15, 0.2) is 11.2 Å². The Bertz CT molecular complexity index is 1190. The van der Waals surface area contributed by atoms with Crippen LogP contribution in [-0.4, -0.2) is 27.1 Å². The molecule has 3 atom stereocenters. The van der Waals surface area contributed by atoms with Crippen molar-refractivity contribution in [3.05, 3.63) is 75.5 Å². The standard InChI is InChI=1S/C24H26F2N3OPS/c1-5-29-12-20(22(27-29)24(4,26)31)17-9-7-6-8-16(17)19-11-28(23(30)15(3)25)13-21-18(19)10-14(2)32-21/h6-10,12,19H,3,5,11,13,31H2,1-2,4H3/t19-,24?/m0/s1. The number of amides is 1. The Kier molecular flexibility index (Phi) is 6.08. The lowest BCUT2D eigenvalue weighted by atomic mass is 9.83. The van der Waals surface area contributed by atoms with Crippen molar-refractivity contribution in [3.8, 4) is 11.1 Å². The molecule has 0 saturated heterocycles. The molecule has 32 heavy (non-hydrogen) atoms. The van der Waals surface area contributed by atoms with Crippen LogP contribution in [0.25, 0.3) is 11.1 Å². The topological polar surface area (TPSA) is 38.1 Å². The van der Waals surface area contributed by atoms with Gasteiger partial charge in [0.25, 0.3) is 5.91 Å². The lowest BCUT2D eigenvalue weighted by Crippen LogP contribution is -2.38. The molecule has 0 N–H and O–H groups in total. The fourth-order valence-corrected chi connectivity index (χ4v) is 5.66. The summed E-state index contributed by atoms with van der Waals surface area (Å²) in [5.74, 6) is -1.82. The van der Waals surface area contributed by atoms with Crippen molar-refractivity contribution < 1.29 is 13.6 Å². The number of benzene rings is 1. The Hall–Kier alpha value is -2.37. The van der Waals surface area contributed by atoms with E-state index in [0.717, 1.165) is 26.4 Å². The number of fused-ring (bicyclic) bond motifs is 1. The third-order valence-corrected chi connectivity index (χ3v) is 7.10. The summed E-state index contributed by atoms with van der Waals surface area (Å²) >= 11 is 1.61. The predicted molar refractivity (Wildman–Crippen MR) is 128 cm³/mol. The molecule has 0 fully saturated rings. The molecular formula is C24H26F2N3OPS. The van der Waals surface area contributed by atoms with Gasteiger partial charge in [-0.1, -0.05) is 40.1 Å². The molecule has 168 valence electrons. The second-order valence-corrected chi connectivity index (χ2v) is 10.7. The van der Waals surface area contributed by atoms with Crippen molar-refractivity contribution in [1.82, 2.24) is 14.7 Å². The van der Waals surface area contributed by atoms with Crippen LogP contribution in [0.15, 0.2) is 48.9 Å². The number of halogens is 2. The molecule has 3 aromatic rings. The number of nitrogens with zero attached hydrogens (tertiary/aromatic N) is 3. The van der Waals surface area contributed by atoms with Crippen LogP contribution >= 0.6 is 20.6 Å². The number of hydrogen-bond acceptors (Lipinski definition) is 3. The van der Waals surface area contributed by atoms with Gasteiger partial charge in [0.05, 0.1) is 6.54 Å². The molecule has 1 aliphatic heterocycles. The molecule has 3 heterocycles. The lowest BCUT2D eigenvalue weighted by molar-refractivity contribution is -0.129. The second-order valence-electron chi connectivity index (χ2n) is 8.29. The van der Waals surface area contributed by atoms with E-state index in [0.29, 0.717) is 30.9 Å². The Balaban J connectivity index is 1.88. The van der Waals surface area contributed by atoms with Gasteiger partial charge >= 0.3 is 0 Å². The number of carbonyl (C=O) groups excluding carboxylic acids is 1.